The Morgan fingerprint density at radius 2 is 2.38 bits per heavy atom. The smallest absolute Gasteiger partial charge is 0.156 e. The summed E-state index contributed by atoms with van der Waals surface area (Å²) in [6.07, 6.45) is 5.96. The van der Waals surface area contributed by atoms with Gasteiger partial charge in [-0.05, 0) is 6.42 Å². The molecule has 1 aromatic rings. The molecule has 0 fully saturated rings. The summed E-state index contributed by atoms with van der Waals surface area (Å²) < 4.78 is 19.7. The Labute approximate surface area is 79.7 Å². The molecule has 0 radical (unpaired) electrons. The predicted octanol–water partition coefficient (Wildman–Crippen LogP) is 1.02. The van der Waals surface area contributed by atoms with Gasteiger partial charge < -0.3 is 4.55 Å². The molecule has 1 aromatic heterocycles. The van der Waals surface area contributed by atoms with Crippen molar-refractivity contribution in [3.63, 3.8) is 0 Å². The molecule has 2 unspecified atom stereocenters. The zero-order chi connectivity index (χ0) is 9.68. The summed E-state index contributed by atoms with van der Waals surface area (Å²) in [4.78, 5) is 7.93. The van der Waals surface area contributed by atoms with E-state index < -0.39 is 11.1 Å². The fourth-order valence-electron chi connectivity index (χ4n) is 1.03. The van der Waals surface area contributed by atoms with Crippen molar-refractivity contribution in [3.8, 4) is 0 Å². The van der Waals surface area contributed by atoms with Crippen LogP contribution in [0, 0.1) is 0 Å². The lowest BCUT2D eigenvalue weighted by atomic mass is 10.2. The molecule has 1 N–H and O–H groups in total. The molecule has 13 heavy (non-hydrogen) atoms. The van der Waals surface area contributed by atoms with Crippen LogP contribution in [0.15, 0.2) is 18.6 Å². The summed E-state index contributed by atoms with van der Waals surface area (Å²) in [6.45, 7) is 1.88. The molecule has 0 saturated carbocycles. The Morgan fingerprint density at radius 1 is 1.62 bits per heavy atom. The fraction of sp³-hybridized carbons (Fsp3) is 0.500. The third-order valence-corrected chi connectivity index (χ3v) is 2.86. The van der Waals surface area contributed by atoms with Gasteiger partial charge in [0.05, 0.1) is 10.9 Å². The van der Waals surface area contributed by atoms with Crippen molar-refractivity contribution >= 4 is 11.1 Å². The van der Waals surface area contributed by atoms with Gasteiger partial charge in [0.15, 0.2) is 11.1 Å². The van der Waals surface area contributed by atoms with E-state index in [1.54, 1.807) is 18.6 Å². The molecule has 72 valence electrons. The molecule has 4 nitrogen and oxygen atoms in total. The van der Waals surface area contributed by atoms with E-state index in [0.717, 1.165) is 5.69 Å². The molecule has 0 spiro atoms. The second kappa shape index (κ2) is 5.04. The number of aromatic nitrogens is 2. The Balaban J connectivity index is 2.62. The van der Waals surface area contributed by atoms with Crippen LogP contribution in [0.1, 0.15) is 19.0 Å². The molecular weight excluding hydrogens is 188 g/mol. The fourth-order valence-corrected chi connectivity index (χ4v) is 1.63. The van der Waals surface area contributed by atoms with Crippen LogP contribution in [0.25, 0.3) is 0 Å². The quantitative estimate of drug-likeness (QED) is 0.737. The average Bonchev–Trinajstić information content (AvgIpc) is 2.15. The normalized spacial score (nSPS) is 15.2. The van der Waals surface area contributed by atoms with Gasteiger partial charge in [0.1, 0.15) is 0 Å². The molecule has 0 amide bonds. The molecule has 0 aromatic carbocycles. The van der Waals surface area contributed by atoms with Gasteiger partial charge >= 0.3 is 0 Å². The topological polar surface area (TPSA) is 63.1 Å². The van der Waals surface area contributed by atoms with Crippen LogP contribution in [0.3, 0.4) is 0 Å². The molecule has 1 rings (SSSR count). The van der Waals surface area contributed by atoms with E-state index in [0.29, 0.717) is 12.8 Å². The Hall–Kier alpha value is -0.810. The zero-order valence-electron chi connectivity index (χ0n) is 7.38. The van der Waals surface area contributed by atoms with Crippen molar-refractivity contribution < 1.29 is 8.76 Å². The summed E-state index contributed by atoms with van der Waals surface area (Å²) in [5.74, 6) is 0. The minimum atomic E-state index is -1.77. The molecule has 0 aliphatic carbocycles. The maximum absolute atomic E-state index is 10.8. The minimum Gasteiger partial charge on any atom is -0.306 e. The van der Waals surface area contributed by atoms with Crippen LogP contribution < -0.4 is 0 Å². The number of hydrogen-bond donors (Lipinski definition) is 1. The molecular formula is C8H12N2O2S. The van der Waals surface area contributed by atoms with Crippen LogP contribution in [-0.4, -0.2) is 24.0 Å². The van der Waals surface area contributed by atoms with Crippen LogP contribution in [-0.2, 0) is 17.5 Å². The first-order chi connectivity index (χ1) is 6.24. The average molecular weight is 200 g/mol. The predicted molar refractivity (Wildman–Crippen MR) is 50.6 cm³/mol. The van der Waals surface area contributed by atoms with Crippen molar-refractivity contribution in [2.75, 3.05) is 0 Å². The highest BCUT2D eigenvalue weighted by molar-refractivity contribution is 7.79. The molecule has 5 heteroatoms. The summed E-state index contributed by atoms with van der Waals surface area (Å²) >= 11 is -1.77. The summed E-state index contributed by atoms with van der Waals surface area (Å²) in [6, 6.07) is 0. The van der Waals surface area contributed by atoms with Crippen molar-refractivity contribution in [1.82, 2.24) is 9.97 Å². The van der Waals surface area contributed by atoms with Crippen molar-refractivity contribution in [1.29, 1.82) is 0 Å². The van der Waals surface area contributed by atoms with Gasteiger partial charge in [0, 0.05) is 25.0 Å². The minimum absolute atomic E-state index is 0.239. The zero-order valence-corrected chi connectivity index (χ0v) is 8.20. The van der Waals surface area contributed by atoms with Gasteiger partial charge in [-0.15, -0.1) is 0 Å². The van der Waals surface area contributed by atoms with Crippen molar-refractivity contribution in [2.24, 2.45) is 0 Å². The van der Waals surface area contributed by atoms with Crippen molar-refractivity contribution in [2.45, 2.75) is 25.0 Å². The van der Waals surface area contributed by atoms with E-state index in [2.05, 4.69) is 9.97 Å². The molecule has 2 atom stereocenters. The van der Waals surface area contributed by atoms with E-state index >= 15 is 0 Å². The van der Waals surface area contributed by atoms with Crippen LogP contribution in [0.2, 0.25) is 0 Å². The van der Waals surface area contributed by atoms with Crippen molar-refractivity contribution in [3.05, 3.63) is 24.3 Å². The molecule has 0 aliphatic rings. The summed E-state index contributed by atoms with van der Waals surface area (Å²) in [5, 5.41) is -0.239. The van der Waals surface area contributed by atoms with E-state index in [1.165, 1.54) is 0 Å². The molecule has 0 bridgehead atoms. The van der Waals surface area contributed by atoms with Gasteiger partial charge in [-0.2, -0.15) is 0 Å². The SMILES string of the molecule is CCC(Cc1cnccn1)S(=O)O. The highest BCUT2D eigenvalue weighted by Gasteiger charge is 2.13. The summed E-state index contributed by atoms with van der Waals surface area (Å²) in [5.41, 5.74) is 0.761. The Bertz CT molecular complexity index is 279. The van der Waals surface area contributed by atoms with Gasteiger partial charge in [0.2, 0.25) is 0 Å². The van der Waals surface area contributed by atoms with Crippen LogP contribution in [0.4, 0.5) is 0 Å². The van der Waals surface area contributed by atoms with Crippen LogP contribution >= 0.6 is 0 Å². The largest absolute Gasteiger partial charge is 0.306 e. The lowest BCUT2D eigenvalue weighted by Gasteiger charge is -2.08. The number of nitrogens with zero attached hydrogens (tertiary/aromatic N) is 2. The molecule has 0 saturated heterocycles. The lowest BCUT2D eigenvalue weighted by molar-refractivity contribution is 0.541. The van der Waals surface area contributed by atoms with Gasteiger partial charge in [-0.3, -0.25) is 9.97 Å². The third kappa shape index (κ3) is 3.20. The highest BCUT2D eigenvalue weighted by atomic mass is 32.2. The molecule has 0 aliphatic heterocycles. The highest BCUT2D eigenvalue weighted by Crippen LogP contribution is 2.06. The maximum atomic E-state index is 10.8. The first-order valence-corrected chi connectivity index (χ1v) is 5.25. The lowest BCUT2D eigenvalue weighted by Crippen LogP contribution is -2.17. The maximum Gasteiger partial charge on any atom is 0.156 e. The van der Waals surface area contributed by atoms with E-state index in [1.807, 2.05) is 6.92 Å². The Kier molecular flexibility index (Phi) is 3.98. The number of rotatable bonds is 4. The van der Waals surface area contributed by atoms with Gasteiger partial charge in [-0.1, -0.05) is 6.92 Å². The monoisotopic (exact) mass is 200 g/mol. The number of hydrogen-bond acceptors (Lipinski definition) is 3. The first kappa shape index (κ1) is 10.3. The first-order valence-electron chi connectivity index (χ1n) is 4.08. The second-order valence-electron chi connectivity index (χ2n) is 2.71. The van der Waals surface area contributed by atoms with E-state index in [-0.39, 0.29) is 5.25 Å². The van der Waals surface area contributed by atoms with Crippen LogP contribution in [0.5, 0.6) is 0 Å². The van der Waals surface area contributed by atoms with E-state index in [4.69, 9.17) is 4.55 Å². The van der Waals surface area contributed by atoms with E-state index in [9.17, 15) is 4.21 Å². The second-order valence-corrected chi connectivity index (χ2v) is 3.93. The van der Waals surface area contributed by atoms with Gasteiger partial charge in [-0.25, -0.2) is 4.21 Å². The summed E-state index contributed by atoms with van der Waals surface area (Å²) in [7, 11) is 0. The van der Waals surface area contributed by atoms with Gasteiger partial charge in [0.25, 0.3) is 0 Å². The third-order valence-electron chi connectivity index (χ3n) is 1.79. The standard InChI is InChI=1S/C8H12N2O2S/c1-2-8(13(11)12)5-7-6-9-3-4-10-7/h3-4,6,8H,2,5H2,1H3,(H,11,12). The molecule has 1 heterocycles. The Morgan fingerprint density at radius 3 is 2.85 bits per heavy atom.